The Hall–Kier alpha value is -5.66. The van der Waals surface area contributed by atoms with E-state index in [0.717, 1.165) is 27.3 Å². The molecule has 43 heavy (non-hydrogen) atoms. The Labute approximate surface area is 249 Å². The van der Waals surface area contributed by atoms with E-state index >= 15 is 0 Å². The highest BCUT2D eigenvalue weighted by atomic mass is 16.3. The molecule has 1 aromatic heterocycles. The maximum Gasteiger partial charge on any atom is 0.143 e. The SMILES string of the molecule is c1ccc(-c2c3ccccc3c(-c3cccc(-c4cccc5c4ccc4c6ccccc6oc54)c3)c3ccccc23)cc1. The summed E-state index contributed by atoms with van der Waals surface area (Å²) < 4.78 is 6.39. The highest BCUT2D eigenvalue weighted by Gasteiger charge is 2.17. The van der Waals surface area contributed by atoms with E-state index in [2.05, 4.69) is 146 Å². The minimum absolute atomic E-state index is 0.926. The van der Waals surface area contributed by atoms with Gasteiger partial charge in [0, 0.05) is 16.2 Å². The molecule has 1 nitrogen and oxygen atoms in total. The molecule has 0 aliphatic rings. The zero-order chi connectivity index (χ0) is 28.3. The molecule has 0 fully saturated rings. The van der Waals surface area contributed by atoms with Crippen molar-refractivity contribution in [2.24, 2.45) is 0 Å². The number of furan rings is 1. The van der Waals surface area contributed by atoms with Gasteiger partial charge in [0.05, 0.1) is 0 Å². The molecule has 9 aromatic rings. The van der Waals surface area contributed by atoms with Crippen LogP contribution < -0.4 is 0 Å². The maximum atomic E-state index is 6.39. The second kappa shape index (κ2) is 9.44. The van der Waals surface area contributed by atoms with E-state index in [4.69, 9.17) is 4.42 Å². The Kier molecular flexibility index (Phi) is 5.27. The molecule has 0 N–H and O–H groups in total. The van der Waals surface area contributed by atoms with Crippen LogP contribution in [0.5, 0.6) is 0 Å². The van der Waals surface area contributed by atoms with Gasteiger partial charge < -0.3 is 4.42 Å². The first-order valence-corrected chi connectivity index (χ1v) is 14.8. The van der Waals surface area contributed by atoms with Crippen LogP contribution in [0.15, 0.2) is 162 Å². The topological polar surface area (TPSA) is 13.1 Å². The van der Waals surface area contributed by atoms with Crippen molar-refractivity contribution in [2.45, 2.75) is 0 Å². The summed E-state index contributed by atoms with van der Waals surface area (Å²) in [4.78, 5) is 0. The van der Waals surface area contributed by atoms with E-state index in [1.807, 2.05) is 12.1 Å². The van der Waals surface area contributed by atoms with E-state index < -0.39 is 0 Å². The van der Waals surface area contributed by atoms with Gasteiger partial charge in [-0.1, -0.05) is 140 Å². The lowest BCUT2D eigenvalue weighted by atomic mass is 9.85. The monoisotopic (exact) mass is 546 g/mol. The Morgan fingerprint density at radius 3 is 1.51 bits per heavy atom. The number of hydrogen-bond acceptors (Lipinski definition) is 1. The van der Waals surface area contributed by atoms with Crippen LogP contribution in [0.1, 0.15) is 0 Å². The molecule has 0 saturated carbocycles. The zero-order valence-corrected chi connectivity index (χ0v) is 23.4. The van der Waals surface area contributed by atoms with E-state index in [-0.39, 0.29) is 0 Å². The first-order chi connectivity index (χ1) is 21.3. The third kappa shape index (κ3) is 3.65. The number of para-hydroxylation sites is 1. The molecule has 0 atom stereocenters. The van der Waals surface area contributed by atoms with E-state index in [1.54, 1.807) is 0 Å². The van der Waals surface area contributed by atoms with Crippen molar-refractivity contribution in [3.8, 4) is 33.4 Å². The van der Waals surface area contributed by atoms with Crippen molar-refractivity contribution in [3.63, 3.8) is 0 Å². The molecule has 0 bridgehead atoms. The highest BCUT2D eigenvalue weighted by Crippen LogP contribution is 2.45. The number of benzene rings is 8. The molecule has 0 aliphatic heterocycles. The molecule has 200 valence electrons. The smallest absolute Gasteiger partial charge is 0.143 e. The lowest BCUT2D eigenvalue weighted by Gasteiger charge is -2.18. The highest BCUT2D eigenvalue weighted by molar-refractivity contribution is 6.22. The van der Waals surface area contributed by atoms with Gasteiger partial charge in [0.2, 0.25) is 0 Å². The summed E-state index contributed by atoms with van der Waals surface area (Å²) in [6.45, 7) is 0. The van der Waals surface area contributed by atoms with E-state index in [0.29, 0.717) is 0 Å². The van der Waals surface area contributed by atoms with Crippen LogP contribution in [0.4, 0.5) is 0 Å². The Morgan fingerprint density at radius 1 is 0.302 bits per heavy atom. The summed E-state index contributed by atoms with van der Waals surface area (Å²) in [5.74, 6) is 0. The molecule has 1 heteroatoms. The van der Waals surface area contributed by atoms with Gasteiger partial charge in [-0.25, -0.2) is 0 Å². The summed E-state index contributed by atoms with van der Waals surface area (Å²) in [6.07, 6.45) is 0. The summed E-state index contributed by atoms with van der Waals surface area (Å²) in [5.41, 5.74) is 9.29. The standard InChI is InChI=1S/C42H26O/c1-2-12-27(13-3-1)40-33-17-4-6-19-35(33)41(36-20-7-5-18-34(36)40)29-15-10-14-28(26-29)30-21-11-22-37-31(30)24-25-38-32-16-8-9-23-39(32)43-42(37)38/h1-26H. The first-order valence-electron chi connectivity index (χ1n) is 14.8. The lowest BCUT2D eigenvalue weighted by Crippen LogP contribution is -1.91. The molecule has 0 saturated heterocycles. The third-order valence-electron chi connectivity index (χ3n) is 8.86. The van der Waals surface area contributed by atoms with Crippen molar-refractivity contribution in [3.05, 3.63) is 158 Å². The van der Waals surface area contributed by atoms with Crippen molar-refractivity contribution >= 4 is 54.3 Å². The Balaban J connectivity index is 1.30. The van der Waals surface area contributed by atoms with Gasteiger partial charge in [0.1, 0.15) is 11.2 Å². The number of hydrogen-bond donors (Lipinski definition) is 0. The molecule has 0 aliphatic carbocycles. The molecule has 0 spiro atoms. The van der Waals surface area contributed by atoms with Crippen LogP contribution >= 0.6 is 0 Å². The van der Waals surface area contributed by atoms with Crippen LogP contribution in [-0.2, 0) is 0 Å². The van der Waals surface area contributed by atoms with Gasteiger partial charge in [0.15, 0.2) is 0 Å². The van der Waals surface area contributed by atoms with Crippen LogP contribution in [0, 0.1) is 0 Å². The molecule has 0 radical (unpaired) electrons. The van der Waals surface area contributed by atoms with Gasteiger partial charge in [-0.3, -0.25) is 0 Å². The van der Waals surface area contributed by atoms with Crippen LogP contribution in [0.3, 0.4) is 0 Å². The van der Waals surface area contributed by atoms with E-state index in [1.165, 1.54) is 60.3 Å². The van der Waals surface area contributed by atoms with Gasteiger partial charge in [-0.05, 0) is 78.5 Å². The summed E-state index contributed by atoms with van der Waals surface area (Å²) in [6, 6.07) is 56.8. The molecule has 8 aromatic carbocycles. The second-order valence-electron chi connectivity index (χ2n) is 11.2. The quantitative estimate of drug-likeness (QED) is 0.201. The van der Waals surface area contributed by atoms with Crippen molar-refractivity contribution < 1.29 is 4.42 Å². The first kappa shape index (κ1) is 24.0. The van der Waals surface area contributed by atoms with Crippen LogP contribution in [0.2, 0.25) is 0 Å². The normalized spacial score (nSPS) is 11.7. The molecule has 0 amide bonds. The number of fused-ring (bicyclic) bond motifs is 7. The third-order valence-corrected chi connectivity index (χ3v) is 8.86. The lowest BCUT2D eigenvalue weighted by molar-refractivity contribution is 0.672. The molecular formula is C42H26O. The van der Waals surface area contributed by atoms with Crippen molar-refractivity contribution in [2.75, 3.05) is 0 Å². The average molecular weight is 547 g/mol. The van der Waals surface area contributed by atoms with Crippen molar-refractivity contribution in [1.82, 2.24) is 0 Å². The van der Waals surface area contributed by atoms with Gasteiger partial charge in [-0.2, -0.15) is 0 Å². The summed E-state index contributed by atoms with van der Waals surface area (Å²) >= 11 is 0. The molecular weight excluding hydrogens is 520 g/mol. The summed E-state index contributed by atoms with van der Waals surface area (Å²) in [5, 5.41) is 9.71. The fourth-order valence-corrected chi connectivity index (χ4v) is 6.99. The maximum absolute atomic E-state index is 6.39. The predicted octanol–water partition coefficient (Wildman–Crippen LogP) is 12.0. The minimum atomic E-state index is 0.926. The largest absolute Gasteiger partial charge is 0.455 e. The van der Waals surface area contributed by atoms with Crippen molar-refractivity contribution in [1.29, 1.82) is 0 Å². The predicted molar refractivity (Wildman–Crippen MR) is 183 cm³/mol. The second-order valence-corrected chi connectivity index (χ2v) is 11.2. The van der Waals surface area contributed by atoms with Gasteiger partial charge in [0.25, 0.3) is 0 Å². The minimum Gasteiger partial charge on any atom is -0.455 e. The van der Waals surface area contributed by atoms with Crippen LogP contribution in [-0.4, -0.2) is 0 Å². The fraction of sp³-hybridized carbons (Fsp3) is 0. The Morgan fingerprint density at radius 2 is 0.791 bits per heavy atom. The van der Waals surface area contributed by atoms with Crippen LogP contribution in [0.25, 0.3) is 87.6 Å². The van der Waals surface area contributed by atoms with E-state index in [9.17, 15) is 0 Å². The Bertz CT molecular complexity index is 2440. The average Bonchev–Trinajstić information content (AvgIpc) is 3.47. The van der Waals surface area contributed by atoms with Gasteiger partial charge >= 0.3 is 0 Å². The van der Waals surface area contributed by atoms with Gasteiger partial charge in [-0.15, -0.1) is 0 Å². The fourth-order valence-electron chi connectivity index (χ4n) is 6.99. The molecule has 0 unspecified atom stereocenters. The molecule has 1 heterocycles. The zero-order valence-electron chi connectivity index (χ0n) is 23.4. The molecule has 9 rings (SSSR count). The summed E-state index contributed by atoms with van der Waals surface area (Å²) in [7, 11) is 0. The number of rotatable bonds is 3.